The van der Waals surface area contributed by atoms with E-state index in [-0.39, 0.29) is 32.0 Å². The summed E-state index contributed by atoms with van der Waals surface area (Å²) in [7, 11) is 1.44. The van der Waals surface area contributed by atoms with Gasteiger partial charge >= 0.3 is 19.8 Å². The Morgan fingerprint density at radius 3 is 0.930 bits per heavy atom. The predicted octanol–water partition coefficient (Wildman–Crippen LogP) is 21.9. The number of phosphoric acid groups is 1. The standard InChI is InChI=1S/C76H122NO8P/c1-6-8-10-12-14-16-18-20-22-24-26-28-30-32-34-35-36-37-38-39-40-41-43-45-47-49-51-53-55-57-59-61-63-65-67-69-76(79)85-74(73-84-86(80,81)83-71-70-77(3,4)5)72-82-75(78)68-66-64-62-60-58-56-54-52-50-48-46-44-42-33-31-29-27-25-23-21-19-17-15-13-11-9-7-2/h8-11,14-17,20-23,26-29,32-34,36-37,39-40,42-43,45-46,48-49,51,74H,6-7,12-13,18-19,24-25,30-31,35,38,41,44,47,50,52-73H2,1-5H3/p+1/b10-8-,11-9-,16-14-,17-15-,22-20-,23-21-,28-26-,29-27-,34-32-,37-36-,40-39-,42-33-,45-43-,48-46-,51-49-. The minimum atomic E-state index is -4.41. The van der Waals surface area contributed by atoms with Crippen LogP contribution in [0.5, 0.6) is 0 Å². The van der Waals surface area contributed by atoms with Crippen molar-refractivity contribution in [3.8, 4) is 0 Å². The highest BCUT2D eigenvalue weighted by Gasteiger charge is 2.27. The summed E-state index contributed by atoms with van der Waals surface area (Å²) in [5.74, 6) is -0.833. The smallest absolute Gasteiger partial charge is 0.462 e. The van der Waals surface area contributed by atoms with Crippen LogP contribution in [0.15, 0.2) is 182 Å². The number of carbonyl (C=O) groups excluding carboxylic acids is 2. The Balaban J connectivity index is 4.21. The monoisotopic (exact) mass is 1210 g/mol. The lowest BCUT2D eigenvalue weighted by molar-refractivity contribution is -0.870. The highest BCUT2D eigenvalue weighted by atomic mass is 31.2. The van der Waals surface area contributed by atoms with Gasteiger partial charge in [-0.3, -0.25) is 18.6 Å². The number of rotatable bonds is 59. The molecule has 86 heavy (non-hydrogen) atoms. The van der Waals surface area contributed by atoms with E-state index in [0.717, 1.165) is 154 Å². The van der Waals surface area contributed by atoms with Crippen molar-refractivity contribution >= 4 is 19.8 Å². The van der Waals surface area contributed by atoms with Crippen LogP contribution < -0.4 is 0 Å². The van der Waals surface area contributed by atoms with Crippen molar-refractivity contribution in [2.75, 3.05) is 47.5 Å². The largest absolute Gasteiger partial charge is 0.472 e. The summed E-state index contributed by atoms with van der Waals surface area (Å²) in [6.45, 7) is 4.16. The molecule has 0 saturated carbocycles. The summed E-state index contributed by atoms with van der Waals surface area (Å²) in [6.07, 6.45) is 99.7. The summed E-state index contributed by atoms with van der Waals surface area (Å²) in [5, 5.41) is 0. The van der Waals surface area contributed by atoms with E-state index in [1.807, 2.05) is 21.1 Å². The number of carbonyl (C=O) groups is 2. The van der Waals surface area contributed by atoms with Crippen molar-refractivity contribution < 1.29 is 42.1 Å². The number of ether oxygens (including phenoxy) is 2. The number of phosphoric ester groups is 1. The van der Waals surface area contributed by atoms with Crippen LogP contribution in [0.25, 0.3) is 0 Å². The summed E-state index contributed by atoms with van der Waals surface area (Å²) < 4.78 is 34.7. The van der Waals surface area contributed by atoms with Crippen molar-refractivity contribution in [2.45, 2.75) is 238 Å². The van der Waals surface area contributed by atoms with Gasteiger partial charge in [-0.1, -0.05) is 267 Å². The van der Waals surface area contributed by atoms with Crippen LogP contribution in [0.2, 0.25) is 0 Å². The molecule has 0 bridgehead atoms. The van der Waals surface area contributed by atoms with Crippen molar-refractivity contribution in [1.82, 2.24) is 0 Å². The quantitative estimate of drug-likeness (QED) is 0.0211. The second-order valence-electron chi connectivity index (χ2n) is 22.7. The lowest BCUT2D eigenvalue weighted by atomic mass is 10.1. The maximum Gasteiger partial charge on any atom is 0.472 e. The SMILES string of the molecule is CC/C=C\C/C=C\C/C=C\C/C=C\C/C=C\C/C=C\C/C=C\C/C=C\C/C=C\CCCCCCCCCC(=O)OC(COC(=O)CCCCCCCCCC/C=C\C/C=C\C/C=C\C/C=C\C/C=C\C/C=C\CC)COP(=O)(O)OCC[N+](C)(C)C. The number of unbranched alkanes of at least 4 members (excludes halogenated alkanes) is 15. The van der Waals surface area contributed by atoms with Gasteiger partial charge in [0.15, 0.2) is 6.10 Å². The van der Waals surface area contributed by atoms with E-state index >= 15 is 0 Å². The molecule has 0 aliphatic rings. The molecule has 0 amide bonds. The summed E-state index contributed by atoms with van der Waals surface area (Å²) >= 11 is 0. The number of hydrogen-bond donors (Lipinski definition) is 1. The molecular formula is C76H123NO8P+. The molecule has 2 atom stereocenters. The average Bonchev–Trinajstić information content (AvgIpc) is 3.56. The van der Waals surface area contributed by atoms with Crippen LogP contribution in [-0.4, -0.2) is 74.9 Å². The Hall–Kier alpha value is -4.89. The Kier molecular flexibility index (Phi) is 60.9. The molecule has 9 nitrogen and oxygen atoms in total. The second-order valence-corrected chi connectivity index (χ2v) is 24.2. The molecule has 0 spiro atoms. The van der Waals surface area contributed by atoms with E-state index in [1.54, 1.807) is 0 Å². The maximum absolute atomic E-state index is 12.9. The second kappa shape index (κ2) is 64.6. The van der Waals surface area contributed by atoms with Gasteiger partial charge in [0.25, 0.3) is 0 Å². The Bertz CT molecular complexity index is 2100. The van der Waals surface area contributed by atoms with Crippen molar-refractivity contribution in [1.29, 1.82) is 0 Å². The third-order valence-corrected chi connectivity index (χ3v) is 14.4. The van der Waals surface area contributed by atoms with E-state index in [0.29, 0.717) is 17.4 Å². The van der Waals surface area contributed by atoms with Crippen LogP contribution in [0.3, 0.4) is 0 Å². The van der Waals surface area contributed by atoms with Gasteiger partial charge in [-0.05, 0) is 135 Å². The Labute approximate surface area is 527 Å². The number of allylic oxidation sites excluding steroid dienone is 30. The van der Waals surface area contributed by atoms with Gasteiger partial charge in [0.05, 0.1) is 27.7 Å². The van der Waals surface area contributed by atoms with Crippen molar-refractivity contribution in [3.05, 3.63) is 182 Å². The van der Waals surface area contributed by atoms with Crippen LogP contribution in [-0.2, 0) is 32.7 Å². The lowest BCUT2D eigenvalue weighted by Crippen LogP contribution is -2.37. The van der Waals surface area contributed by atoms with Gasteiger partial charge < -0.3 is 18.9 Å². The van der Waals surface area contributed by atoms with Gasteiger partial charge in [-0.25, -0.2) is 4.57 Å². The first kappa shape index (κ1) is 81.1. The Morgan fingerprint density at radius 1 is 0.360 bits per heavy atom. The first-order valence-corrected chi connectivity index (χ1v) is 35.0. The van der Waals surface area contributed by atoms with Crippen molar-refractivity contribution in [2.24, 2.45) is 0 Å². The molecule has 0 aliphatic carbocycles. The fraction of sp³-hybridized carbons (Fsp3) is 0.579. The number of esters is 2. The fourth-order valence-electron chi connectivity index (χ4n) is 8.36. The molecule has 2 unspecified atom stereocenters. The molecule has 0 radical (unpaired) electrons. The molecule has 0 rings (SSSR count). The number of nitrogens with zero attached hydrogens (tertiary/aromatic N) is 1. The number of quaternary nitrogens is 1. The predicted molar refractivity (Wildman–Crippen MR) is 371 cm³/mol. The normalized spacial score (nSPS) is 14.3. The molecule has 0 aromatic rings. The van der Waals surface area contributed by atoms with Crippen LogP contribution in [0.4, 0.5) is 0 Å². The topological polar surface area (TPSA) is 108 Å². The van der Waals surface area contributed by atoms with E-state index in [2.05, 4.69) is 196 Å². The molecule has 484 valence electrons. The molecular weight excluding hydrogens is 1090 g/mol. The van der Waals surface area contributed by atoms with Crippen LogP contribution in [0, 0.1) is 0 Å². The molecule has 0 fully saturated rings. The lowest BCUT2D eigenvalue weighted by Gasteiger charge is -2.24. The number of hydrogen-bond acceptors (Lipinski definition) is 7. The third-order valence-electron chi connectivity index (χ3n) is 13.4. The average molecular weight is 1210 g/mol. The van der Waals surface area contributed by atoms with Gasteiger partial charge in [0, 0.05) is 12.8 Å². The summed E-state index contributed by atoms with van der Waals surface area (Å²) in [4.78, 5) is 35.8. The molecule has 0 aliphatic heterocycles. The first-order chi connectivity index (χ1) is 42.0. The van der Waals surface area contributed by atoms with Crippen LogP contribution in [0.1, 0.15) is 232 Å². The molecule has 0 aromatic carbocycles. The minimum Gasteiger partial charge on any atom is -0.462 e. The zero-order valence-corrected chi connectivity index (χ0v) is 55.9. The molecule has 1 N–H and O–H groups in total. The van der Waals surface area contributed by atoms with Gasteiger partial charge in [0.2, 0.25) is 0 Å². The third kappa shape index (κ3) is 68.2. The van der Waals surface area contributed by atoms with Gasteiger partial charge in [-0.2, -0.15) is 0 Å². The number of likely N-dealkylation sites (N-methyl/N-ethyl adjacent to an activating group) is 1. The zero-order chi connectivity index (χ0) is 62.6. The molecule has 0 heterocycles. The Morgan fingerprint density at radius 2 is 0.628 bits per heavy atom. The highest BCUT2D eigenvalue weighted by Crippen LogP contribution is 2.43. The summed E-state index contributed by atoms with van der Waals surface area (Å²) in [5.41, 5.74) is 0. The highest BCUT2D eigenvalue weighted by molar-refractivity contribution is 7.47. The van der Waals surface area contributed by atoms with Gasteiger partial charge in [0.1, 0.15) is 19.8 Å². The van der Waals surface area contributed by atoms with E-state index in [1.165, 1.54) is 44.9 Å². The minimum absolute atomic E-state index is 0.0173. The fourth-order valence-corrected chi connectivity index (χ4v) is 9.11. The molecule has 10 heteroatoms. The summed E-state index contributed by atoms with van der Waals surface area (Å²) in [6, 6.07) is 0. The maximum atomic E-state index is 12.9. The first-order valence-electron chi connectivity index (χ1n) is 33.5. The van der Waals surface area contributed by atoms with Crippen LogP contribution >= 0.6 is 7.82 Å². The van der Waals surface area contributed by atoms with Crippen molar-refractivity contribution in [3.63, 3.8) is 0 Å². The van der Waals surface area contributed by atoms with E-state index in [4.69, 9.17) is 18.5 Å². The molecule has 0 saturated heterocycles. The van der Waals surface area contributed by atoms with E-state index < -0.39 is 26.5 Å². The van der Waals surface area contributed by atoms with Gasteiger partial charge in [-0.15, -0.1) is 0 Å². The van der Waals surface area contributed by atoms with E-state index in [9.17, 15) is 19.0 Å². The molecule has 0 aromatic heterocycles. The zero-order valence-electron chi connectivity index (χ0n) is 55.0.